The fourth-order valence-electron chi connectivity index (χ4n) is 3.25. The zero-order chi connectivity index (χ0) is 15.4. The van der Waals surface area contributed by atoms with Gasteiger partial charge in [-0.1, -0.05) is 0 Å². The lowest BCUT2D eigenvalue weighted by Crippen LogP contribution is -2.39. The van der Waals surface area contributed by atoms with Gasteiger partial charge >= 0.3 is 0 Å². The van der Waals surface area contributed by atoms with Crippen LogP contribution in [0.5, 0.6) is 5.75 Å². The first-order valence-electron chi connectivity index (χ1n) is 8.03. The number of carbonyl (C=O) groups excluding carboxylic acids is 1. The van der Waals surface area contributed by atoms with Gasteiger partial charge < -0.3 is 19.7 Å². The molecule has 2 atom stereocenters. The molecule has 1 aromatic carbocycles. The number of hydrogen-bond acceptors (Lipinski definition) is 4. The number of halogens is 1. The molecule has 0 aliphatic carbocycles. The Morgan fingerprint density at radius 2 is 1.91 bits per heavy atom. The first kappa shape index (κ1) is 18.0. The van der Waals surface area contributed by atoms with Gasteiger partial charge in [-0.25, -0.2) is 0 Å². The molecule has 0 saturated carbocycles. The van der Waals surface area contributed by atoms with Crippen LogP contribution >= 0.6 is 12.4 Å². The van der Waals surface area contributed by atoms with E-state index in [-0.39, 0.29) is 18.3 Å². The Balaban J connectivity index is 0.00000192. The number of carbonyl (C=O) groups is 1. The number of likely N-dealkylation sites (tertiary alicyclic amines) is 1. The third kappa shape index (κ3) is 4.59. The van der Waals surface area contributed by atoms with Gasteiger partial charge in [-0.15, -0.1) is 12.4 Å². The number of methoxy groups -OCH3 is 1. The minimum Gasteiger partial charge on any atom is -0.491 e. The zero-order valence-corrected chi connectivity index (χ0v) is 14.3. The highest BCUT2D eigenvalue weighted by molar-refractivity contribution is 5.94. The summed E-state index contributed by atoms with van der Waals surface area (Å²) in [6.07, 6.45) is 3.49. The van der Waals surface area contributed by atoms with Gasteiger partial charge in [0.15, 0.2) is 0 Å². The summed E-state index contributed by atoms with van der Waals surface area (Å²) in [6.45, 7) is 2.75. The number of nitrogens with one attached hydrogen (secondary N) is 1. The first-order valence-corrected chi connectivity index (χ1v) is 8.03. The van der Waals surface area contributed by atoms with Gasteiger partial charge in [-0.2, -0.15) is 0 Å². The summed E-state index contributed by atoms with van der Waals surface area (Å²) in [7, 11) is 1.65. The summed E-state index contributed by atoms with van der Waals surface area (Å²) < 4.78 is 10.5. The van der Waals surface area contributed by atoms with Crippen molar-refractivity contribution in [2.75, 3.05) is 33.4 Å². The van der Waals surface area contributed by atoms with Crippen molar-refractivity contribution >= 4 is 18.3 Å². The monoisotopic (exact) mass is 340 g/mol. The van der Waals surface area contributed by atoms with E-state index in [1.165, 1.54) is 12.8 Å². The minimum atomic E-state index is 0. The van der Waals surface area contributed by atoms with Crippen LogP contribution in [0.2, 0.25) is 0 Å². The van der Waals surface area contributed by atoms with Crippen LogP contribution < -0.4 is 10.1 Å². The van der Waals surface area contributed by atoms with Gasteiger partial charge in [0, 0.05) is 37.8 Å². The summed E-state index contributed by atoms with van der Waals surface area (Å²) >= 11 is 0. The number of amides is 1. The molecule has 1 aromatic rings. The molecule has 3 rings (SSSR count). The summed E-state index contributed by atoms with van der Waals surface area (Å²) in [5, 5.41) is 3.60. The van der Waals surface area contributed by atoms with E-state index in [4.69, 9.17) is 9.47 Å². The van der Waals surface area contributed by atoms with E-state index in [9.17, 15) is 4.79 Å². The summed E-state index contributed by atoms with van der Waals surface area (Å²) in [6, 6.07) is 8.46. The summed E-state index contributed by atoms with van der Waals surface area (Å²) in [5.74, 6) is 0.892. The molecule has 6 heteroatoms. The Kier molecular flexibility index (Phi) is 6.69. The van der Waals surface area contributed by atoms with Crippen molar-refractivity contribution in [1.29, 1.82) is 0 Å². The van der Waals surface area contributed by atoms with Crippen molar-refractivity contribution < 1.29 is 14.3 Å². The number of benzene rings is 1. The highest BCUT2D eigenvalue weighted by Crippen LogP contribution is 2.22. The second-order valence-electron chi connectivity index (χ2n) is 6.04. The van der Waals surface area contributed by atoms with Crippen molar-refractivity contribution in [2.24, 2.45) is 0 Å². The molecule has 2 fully saturated rings. The number of nitrogens with zero attached hydrogens (tertiary/aromatic N) is 1. The molecule has 0 spiro atoms. The zero-order valence-electron chi connectivity index (χ0n) is 13.5. The normalized spacial score (nSPS) is 23.1. The Morgan fingerprint density at radius 3 is 2.65 bits per heavy atom. The molecule has 128 valence electrons. The van der Waals surface area contributed by atoms with Gasteiger partial charge in [0.1, 0.15) is 12.4 Å². The predicted molar refractivity (Wildman–Crippen MR) is 91.5 cm³/mol. The van der Waals surface area contributed by atoms with Crippen molar-refractivity contribution in [3.63, 3.8) is 0 Å². The van der Waals surface area contributed by atoms with Crippen LogP contribution in [0, 0.1) is 0 Å². The number of ether oxygens (including phenoxy) is 2. The second-order valence-corrected chi connectivity index (χ2v) is 6.04. The van der Waals surface area contributed by atoms with E-state index < -0.39 is 0 Å². The van der Waals surface area contributed by atoms with Crippen LogP contribution in [0.3, 0.4) is 0 Å². The van der Waals surface area contributed by atoms with Gasteiger partial charge in [0.25, 0.3) is 5.91 Å². The molecule has 2 aliphatic heterocycles. The number of fused-ring (bicyclic) bond motifs is 2. The number of hydrogen-bond donors (Lipinski definition) is 1. The minimum absolute atomic E-state index is 0. The maximum absolute atomic E-state index is 12.6. The molecule has 2 heterocycles. The van der Waals surface area contributed by atoms with Crippen LogP contribution in [-0.2, 0) is 4.74 Å². The molecule has 5 nitrogen and oxygen atoms in total. The third-order valence-electron chi connectivity index (χ3n) is 4.47. The summed E-state index contributed by atoms with van der Waals surface area (Å²) in [5.41, 5.74) is 0.733. The molecule has 0 radical (unpaired) electrons. The highest BCUT2D eigenvalue weighted by Gasteiger charge is 2.31. The van der Waals surface area contributed by atoms with E-state index in [1.807, 2.05) is 29.2 Å². The first-order chi connectivity index (χ1) is 10.8. The molecule has 1 amide bonds. The van der Waals surface area contributed by atoms with E-state index in [0.717, 1.165) is 30.8 Å². The molecule has 1 N–H and O–H groups in total. The molecular formula is C17H25ClN2O3. The van der Waals surface area contributed by atoms with Gasteiger partial charge in [-0.05, 0) is 43.5 Å². The average molecular weight is 341 g/mol. The average Bonchev–Trinajstić information content (AvgIpc) is 2.87. The fraction of sp³-hybridized carbons (Fsp3) is 0.588. The largest absolute Gasteiger partial charge is 0.491 e. The van der Waals surface area contributed by atoms with Crippen molar-refractivity contribution in [2.45, 2.75) is 31.3 Å². The Labute approximate surface area is 143 Å². The van der Waals surface area contributed by atoms with E-state index in [2.05, 4.69) is 5.32 Å². The maximum atomic E-state index is 12.6. The van der Waals surface area contributed by atoms with Gasteiger partial charge in [-0.3, -0.25) is 4.79 Å². The molecule has 2 aliphatic rings. The SMILES string of the molecule is COCCOc1ccc(C(=O)N2CCC3CCC(C2)N3)cc1.Cl. The van der Waals surface area contributed by atoms with Crippen LogP contribution in [0.15, 0.2) is 24.3 Å². The highest BCUT2D eigenvalue weighted by atomic mass is 35.5. The standard InChI is InChI=1S/C17H24N2O3.ClH/c1-21-10-11-22-16-6-2-13(3-7-16)17(20)19-9-8-14-4-5-15(12-19)18-14;/h2-3,6-7,14-15,18H,4-5,8-12H2,1H3;1H. The van der Waals surface area contributed by atoms with E-state index >= 15 is 0 Å². The van der Waals surface area contributed by atoms with Crippen molar-refractivity contribution in [3.05, 3.63) is 29.8 Å². The number of rotatable bonds is 5. The van der Waals surface area contributed by atoms with E-state index in [1.54, 1.807) is 7.11 Å². The molecular weight excluding hydrogens is 316 g/mol. The lowest BCUT2D eigenvalue weighted by molar-refractivity contribution is 0.0748. The fourth-order valence-corrected chi connectivity index (χ4v) is 3.25. The Morgan fingerprint density at radius 1 is 1.17 bits per heavy atom. The van der Waals surface area contributed by atoms with Crippen LogP contribution in [0.25, 0.3) is 0 Å². The Bertz CT molecular complexity index is 509. The molecule has 0 aromatic heterocycles. The van der Waals surface area contributed by atoms with Crippen LogP contribution in [0.1, 0.15) is 29.6 Å². The molecule has 2 saturated heterocycles. The molecule has 2 bridgehead atoms. The maximum Gasteiger partial charge on any atom is 0.253 e. The molecule has 23 heavy (non-hydrogen) atoms. The second kappa shape index (κ2) is 8.52. The van der Waals surface area contributed by atoms with Gasteiger partial charge in [0.2, 0.25) is 0 Å². The Hall–Kier alpha value is -1.30. The smallest absolute Gasteiger partial charge is 0.253 e. The van der Waals surface area contributed by atoms with E-state index in [0.29, 0.717) is 25.3 Å². The van der Waals surface area contributed by atoms with Crippen molar-refractivity contribution in [3.8, 4) is 5.75 Å². The van der Waals surface area contributed by atoms with Crippen molar-refractivity contribution in [1.82, 2.24) is 10.2 Å². The molecule has 2 unspecified atom stereocenters. The lowest BCUT2D eigenvalue weighted by Gasteiger charge is -2.24. The lowest BCUT2D eigenvalue weighted by atomic mass is 10.1. The van der Waals surface area contributed by atoms with Crippen LogP contribution in [-0.4, -0.2) is 56.3 Å². The third-order valence-corrected chi connectivity index (χ3v) is 4.47. The predicted octanol–water partition coefficient (Wildman–Crippen LogP) is 2.10. The summed E-state index contributed by atoms with van der Waals surface area (Å²) in [4.78, 5) is 14.6. The quantitative estimate of drug-likeness (QED) is 0.834. The van der Waals surface area contributed by atoms with Crippen LogP contribution in [0.4, 0.5) is 0 Å². The van der Waals surface area contributed by atoms with Gasteiger partial charge in [0.05, 0.1) is 6.61 Å². The topological polar surface area (TPSA) is 50.8 Å².